The highest BCUT2D eigenvalue weighted by atomic mass is 35.5. The maximum atomic E-state index is 12.6. The molecule has 1 unspecified atom stereocenters. The molecule has 2 heterocycles. The molecule has 0 aromatic rings. The first-order valence-corrected chi connectivity index (χ1v) is 7.91. The van der Waals surface area contributed by atoms with Crippen LogP contribution < -0.4 is 5.32 Å². The van der Waals surface area contributed by atoms with Crippen LogP contribution in [0.15, 0.2) is 0 Å². The second-order valence-corrected chi connectivity index (χ2v) is 6.02. The number of piperidine rings is 1. The third kappa shape index (κ3) is 4.09. The summed E-state index contributed by atoms with van der Waals surface area (Å²) in [6, 6.07) is 1.07. The number of hydrogen-bond acceptors (Lipinski definition) is 3. The summed E-state index contributed by atoms with van der Waals surface area (Å²) in [6.45, 7) is 11.7. The van der Waals surface area contributed by atoms with Gasteiger partial charge in [0, 0.05) is 31.1 Å². The average molecular weight is 304 g/mol. The number of carbonyl (C=O) groups excluding carboxylic acids is 1. The highest BCUT2D eigenvalue weighted by Crippen LogP contribution is 2.23. The van der Waals surface area contributed by atoms with Gasteiger partial charge in [0.1, 0.15) is 0 Å². The molecule has 20 heavy (non-hydrogen) atoms. The zero-order chi connectivity index (χ0) is 13.8. The Labute approximate surface area is 129 Å². The molecule has 2 saturated heterocycles. The molecule has 0 saturated carbocycles. The number of halogens is 1. The third-order valence-corrected chi connectivity index (χ3v) is 4.78. The summed E-state index contributed by atoms with van der Waals surface area (Å²) in [7, 11) is 0. The maximum absolute atomic E-state index is 12.6. The van der Waals surface area contributed by atoms with Gasteiger partial charge >= 0.3 is 0 Å². The molecule has 5 heteroatoms. The van der Waals surface area contributed by atoms with E-state index >= 15 is 0 Å². The van der Waals surface area contributed by atoms with Crippen molar-refractivity contribution in [3.05, 3.63) is 0 Å². The summed E-state index contributed by atoms with van der Waals surface area (Å²) in [5.74, 6) is 0.662. The third-order valence-electron chi connectivity index (χ3n) is 4.78. The zero-order valence-electron chi connectivity index (χ0n) is 13.1. The fraction of sp³-hybridized carbons (Fsp3) is 0.933. The van der Waals surface area contributed by atoms with Crippen LogP contribution in [-0.2, 0) is 4.79 Å². The van der Waals surface area contributed by atoms with E-state index in [4.69, 9.17) is 0 Å². The van der Waals surface area contributed by atoms with Gasteiger partial charge < -0.3 is 10.2 Å². The van der Waals surface area contributed by atoms with Gasteiger partial charge in [-0.25, -0.2) is 0 Å². The summed E-state index contributed by atoms with van der Waals surface area (Å²) >= 11 is 0. The number of likely N-dealkylation sites (N-methyl/N-ethyl adjacent to an activating group) is 1. The van der Waals surface area contributed by atoms with Crippen molar-refractivity contribution in [2.75, 3.05) is 32.7 Å². The lowest BCUT2D eigenvalue weighted by Gasteiger charge is -2.31. The van der Waals surface area contributed by atoms with E-state index in [1.54, 1.807) is 0 Å². The molecule has 0 spiro atoms. The summed E-state index contributed by atoms with van der Waals surface area (Å²) in [5, 5.41) is 3.42. The van der Waals surface area contributed by atoms with Crippen molar-refractivity contribution in [2.45, 2.75) is 52.1 Å². The average Bonchev–Trinajstić information content (AvgIpc) is 2.89. The Morgan fingerprint density at radius 1 is 1.30 bits per heavy atom. The van der Waals surface area contributed by atoms with E-state index in [2.05, 4.69) is 35.9 Å². The van der Waals surface area contributed by atoms with Gasteiger partial charge in [0.2, 0.25) is 5.91 Å². The van der Waals surface area contributed by atoms with E-state index in [1.165, 1.54) is 0 Å². The first-order chi connectivity index (χ1) is 9.15. The summed E-state index contributed by atoms with van der Waals surface area (Å²) in [4.78, 5) is 17.2. The first-order valence-electron chi connectivity index (χ1n) is 7.91. The molecule has 2 rings (SSSR count). The first kappa shape index (κ1) is 17.7. The Kier molecular flexibility index (Phi) is 7.27. The number of carbonyl (C=O) groups is 1. The van der Waals surface area contributed by atoms with Crippen molar-refractivity contribution in [1.82, 2.24) is 15.1 Å². The molecule has 1 N–H and O–H groups in total. The molecule has 0 aromatic heterocycles. The standard InChI is InChI=1S/C15H29N3O.ClH/c1-4-17(5-2)14-7-9-18(11-14)15(19)13-6-8-16-12(3)10-13;/h12-14,16H,4-11H2,1-3H3;1H/t12-,13-,14?;/m0./s1. The van der Waals surface area contributed by atoms with Crippen molar-refractivity contribution >= 4 is 18.3 Å². The van der Waals surface area contributed by atoms with E-state index in [0.717, 1.165) is 52.0 Å². The van der Waals surface area contributed by atoms with Crippen molar-refractivity contribution in [1.29, 1.82) is 0 Å². The minimum Gasteiger partial charge on any atom is -0.341 e. The number of likely N-dealkylation sites (tertiary alicyclic amines) is 1. The minimum atomic E-state index is 0. The van der Waals surface area contributed by atoms with Crippen LogP contribution in [0.2, 0.25) is 0 Å². The Morgan fingerprint density at radius 2 is 2.00 bits per heavy atom. The number of hydrogen-bond donors (Lipinski definition) is 1. The van der Waals surface area contributed by atoms with Crippen molar-refractivity contribution in [3.63, 3.8) is 0 Å². The van der Waals surface area contributed by atoms with Gasteiger partial charge in [-0.1, -0.05) is 13.8 Å². The van der Waals surface area contributed by atoms with E-state index in [0.29, 0.717) is 18.0 Å². The van der Waals surface area contributed by atoms with Crippen LogP contribution >= 0.6 is 12.4 Å². The van der Waals surface area contributed by atoms with Crippen molar-refractivity contribution in [3.8, 4) is 0 Å². The van der Waals surface area contributed by atoms with Gasteiger partial charge in [-0.3, -0.25) is 9.69 Å². The Bertz CT molecular complexity index is 309. The number of nitrogens with one attached hydrogen (secondary N) is 1. The van der Waals surface area contributed by atoms with Gasteiger partial charge in [-0.05, 0) is 45.8 Å². The second kappa shape index (κ2) is 8.20. The van der Waals surface area contributed by atoms with Gasteiger partial charge in [-0.15, -0.1) is 12.4 Å². The quantitative estimate of drug-likeness (QED) is 0.859. The molecule has 2 aliphatic rings. The van der Waals surface area contributed by atoms with Gasteiger partial charge in [0.05, 0.1) is 0 Å². The summed E-state index contributed by atoms with van der Waals surface area (Å²) in [6.07, 6.45) is 3.16. The van der Waals surface area contributed by atoms with Crippen LogP contribution in [0.1, 0.15) is 40.0 Å². The van der Waals surface area contributed by atoms with Crippen LogP contribution in [0.3, 0.4) is 0 Å². The molecule has 2 fully saturated rings. The highest BCUT2D eigenvalue weighted by molar-refractivity contribution is 5.85. The fourth-order valence-corrected chi connectivity index (χ4v) is 3.59. The summed E-state index contributed by atoms with van der Waals surface area (Å²) < 4.78 is 0. The molecule has 0 aliphatic carbocycles. The highest BCUT2D eigenvalue weighted by Gasteiger charge is 2.34. The largest absolute Gasteiger partial charge is 0.341 e. The van der Waals surface area contributed by atoms with E-state index in [9.17, 15) is 4.79 Å². The molecule has 0 bridgehead atoms. The molecule has 118 valence electrons. The van der Waals surface area contributed by atoms with Crippen LogP contribution in [-0.4, -0.2) is 60.5 Å². The zero-order valence-corrected chi connectivity index (χ0v) is 13.9. The predicted octanol–water partition coefficient (Wildman–Crippen LogP) is 1.74. The smallest absolute Gasteiger partial charge is 0.225 e. The van der Waals surface area contributed by atoms with E-state index in [-0.39, 0.29) is 18.3 Å². The molecule has 3 atom stereocenters. The van der Waals surface area contributed by atoms with Crippen LogP contribution in [0.25, 0.3) is 0 Å². The number of rotatable bonds is 4. The predicted molar refractivity (Wildman–Crippen MR) is 85.3 cm³/mol. The summed E-state index contributed by atoms with van der Waals surface area (Å²) in [5.41, 5.74) is 0. The molecule has 1 amide bonds. The molecule has 2 aliphatic heterocycles. The topological polar surface area (TPSA) is 35.6 Å². The Balaban J connectivity index is 0.00000200. The molecule has 0 radical (unpaired) electrons. The second-order valence-electron chi connectivity index (χ2n) is 6.02. The Morgan fingerprint density at radius 3 is 2.60 bits per heavy atom. The minimum absolute atomic E-state index is 0. The van der Waals surface area contributed by atoms with E-state index in [1.807, 2.05) is 0 Å². The molecular weight excluding hydrogens is 274 g/mol. The lowest BCUT2D eigenvalue weighted by atomic mass is 9.92. The number of amides is 1. The van der Waals surface area contributed by atoms with Crippen LogP contribution in [0.5, 0.6) is 0 Å². The van der Waals surface area contributed by atoms with Gasteiger partial charge in [0.15, 0.2) is 0 Å². The normalized spacial score (nSPS) is 30.4. The molecule has 0 aromatic carbocycles. The van der Waals surface area contributed by atoms with Gasteiger partial charge in [0.25, 0.3) is 0 Å². The molecule has 4 nitrogen and oxygen atoms in total. The van der Waals surface area contributed by atoms with Gasteiger partial charge in [-0.2, -0.15) is 0 Å². The fourth-order valence-electron chi connectivity index (χ4n) is 3.59. The Hall–Kier alpha value is -0.320. The van der Waals surface area contributed by atoms with Crippen molar-refractivity contribution in [2.24, 2.45) is 5.92 Å². The molecular formula is C15H30ClN3O. The monoisotopic (exact) mass is 303 g/mol. The number of nitrogens with zero attached hydrogens (tertiary/aromatic N) is 2. The van der Waals surface area contributed by atoms with E-state index < -0.39 is 0 Å². The van der Waals surface area contributed by atoms with Crippen LogP contribution in [0, 0.1) is 5.92 Å². The lowest BCUT2D eigenvalue weighted by Crippen LogP contribution is -2.44. The SMILES string of the molecule is CCN(CC)C1CCN(C(=O)[C@H]2CCN[C@@H](C)C2)C1.Cl. The maximum Gasteiger partial charge on any atom is 0.225 e. The van der Waals surface area contributed by atoms with Crippen LogP contribution in [0.4, 0.5) is 0 Å². The van der Waals surface area contributed by atoms with Crippen molar-refractivity contribution < 1.29 is 4.79 Å². The lowest BCUT2D eigenvalue weighted by molar-refractivity contribution is -0.135.